The van der Waals surface area contributed by atoms with Crippen LogP contribution < -0.4 is 0 Å². The Morgan fingerprint density at radius 3 is 1.62 bits per heavy atom. The maximum absolute atomic E-state index is 5.21. The van der Waals surface area contributed by atoms with Crippen molar-refractivity contribution in [3.63, 3.8) is 0 Å². The van der Waals surface area contributed by atoms with E-state index in [4.69, 9.17) is 15.0 Å². The van der Waals surface area contributed by atoms with E-state index in [1.54, 1.807) is 11.3 Å². The van der Waals surface area contributed by atoms with Gasteiger partial charge >= 0.3 is 0 Å². The highest BCUT2D eigenvalue weighted by Gasteiger charge is 2.20. The van der Waals surface area contributed by atoms with Gasteiger partial charge in [0.15, 0.2) is 17.5 Å². The third kappa shape index (κ3) is 5.18. The predicted molar refractivity (Wildman–Crippen MR) is 244 cm³/mol. The van der Waals surface area contributed by atoms with Gasteiger partial charge < -0.3 is 4.57 Å². The van der Waals surface area contributed by atoms with Crippen LogP contribution in [-0.4, -0.2) is 19.5 Å². The van der Waals surface area contributed by atoms with Crippen LogP contribution in [0, 0.1) is 0 Å². The zero-order valence-electron chi connectivity index (χ0n) is 31.2. The second-order valence-corrected chi connectivity index (χ2v) is 15.8. The van der Waals surface area contributed by atoms with Gasteiger partial charge in [-0.05, 0) is 69.1 Å². The third-order valence-corrected chi connectivity index (χ3v) is 12.6. The molecular formula is C53H32N4S. The molecule has 0 aliphatic carbocycles. The molecule has 0 fully saturated rings. The Morgan fingerprint density at radius 1 is 0.362 bits per heavy atom. The first kappa shape index (κ1) is 32.7. The van der Waals surface area contributed by atoms with Crippen molar-refractivity contribution < 1.29 is 0 Å². The van der Waals surface area contributed by atoms with Crippen molar-refractivity contribution >= 4 is 74.9 Å². The summed E-state index contributed by atoms with van der Waals surface area (Å²) in [5.41, 5.74) is 8.71. The van der Waals surface area contributed by atoms with Gasteiger partial charge in [0.05, 0.1) is 11.0 Å². The van der Waals surface area contributed by atoms with E-state index < -0.39 is 0 Å². The molecular weight excluding hydrogens is 725 g/mol. The quantitative estimate of drug-likeness (QED) is 0.176. The summed E-state index contributed by atoms with van der Waals surface area (Å²) < 4.78 is 4.81. The van der Waals surface area contributed by atoms with E-state index in [9.17, 15) is 0 Å². The standard InChI is InChI=1S/C53H32N4S/c1-3-13-33(14-4-1)37-19-11-20-38(31-37)52-54-51(36-17-5-2-6-18-36)55-53(56-52)44-24-12-23-43-42-28-27-39(32-47(42)58-50(43)44)57-45-29-25-34-15-7-9-21-40(34)48(45)49-41-22-10-8-16-35(41)26-30-46(49)57/h1-32H. The Labute approximate surface area is 338 Å². The number of aromatic nitrogens is 4. The van der Waals surface area contributed by atoms with Gasteiger partial charge in [0.1, 0.15) is 0 Å². The molecule has 3 heterocycles. The van der Waals surface area contributed by atoms with E-state index in [1.807, 2.05) is 24.3 Å². The molecule has 0 radical (unpaired) electrons. The minimum atomic E-state index is 0.647. The zero-order chi connectivity index (χ0) is 38.2. The van der Waals surface area contributed by atoms with Gasteiger partial charge in [0, 0.05) is 53.3 Å². The van der Waals surface area contributed by atoms with Crippen molar-refractivity contribution in [2.45, 2.75) is 0 Å². The van der Waals surface area contributed by atoms with E-state index in [0.29, 0.717) is 17.5 Å². The number of nitrogens with zero attached hydrogens (tertiary/aromatic N) is 4. The summed E-state index contributed by atoms with van der Waals surface area (Å²) >= 11 is 1.80. The van der Waals surface area contributed by atoms with Gasteiger partial charge in [-0.2, -0.15) is 0 Å². The molecule has 0 unspecified atom stereocenters. The number of thiophene rings is 1. The Hall–Kier alpha value is -7.47. The molecule has 0 saturated carbocycles. The molecule has 0 bridgehead atoms. The predicted octanol–water partition coefficient (Wildman–Crippen LogP) is 14.3. The third-order valence-electron chi connectivity index (χ3n) is 11.4. The maximum atomic E-state index is 5.21. The molecule has 12 rings (SSSR count). The minimum Gasteiger partial charge on any atom is -0.309 e. The first-order valence-corrected chi connectivity index (χ1v) is 20.3. The molecule has 9 aromatic carbocycles. The molecule has 5 heteroatoms. The molecule has 0 saturated heterocycles. The van der Waals surface area contributed by atoms with Gasteiger partial charge in [-0.25, -0.2) is 15.0 Å². The molecule has 0 amide bonds. The lowest BCUT2D eigenvalue weighted by atomic mass is 10.00. The highest BCUT2D eigenvalue weighted by molar-refractivity contribution is 7.26. The lowest BCUT2D eigenvalue weighted by Crippen LogP contribution is -2.00. The first-order valence-electron chi connectivity index (χ1n) is 19.5. The smallest absolute Gasteiger partial charge is 0.165 e. The highest BCUT2D eigenvalue weighted by atomic mass is 32.1. The van der Waals surface area contributed by atoms with E-state index in [-0.39, 0.29) is 0 Å². The van der Waals surface area contributed by atoms with Crippen LogP contribution >= 0.6 is 11.3 Å². The van der Waals surface area contributed by atoms with Gasteiger partial charge in [0.2, 0.25) is 0 Å². The van der Waals surface area contributed by atoms with Crippen LogP contribution in [0.15, 0.2) is 194 Å². The highest BCUT2D eigenvalue weighted by Crippen LogP contribution is 2.44. The minimum absolute atomic E-state index is 0.647. The summed E-state index contributed by atoms with van der Waals surface area (Å²) in [5, 5.41) is 10.0. The summed E-state index contributed by atoms with van der Waals surface area (Å²) in [5.74, 6) is 1.96. The van der Waals surface area contributed by atoms with Crippen LogP contribution in [0.3, 0.4) is 0 Å². The second-order valence-electron chi connectivity index (χ2n) is 14.8. The molecule has 58 heavy (non-hydrogen) atoms. The van der Waals surface area contributed by atoms with Crippen molar-refractivity contribution in [1.29, 1.82) is 0 Å². The SMILES string of the molecule is c1ccc(-c2cccc(-c3nc(-c4ccccc4)nc(-c4cccc5c4sc4cc(-n6c7ccc8ccccc8c7c7c8ccccc8ccc76)ccc45)n3)c2)cc1. The molecule has 3 aromatic heterocycles. The Bertz CT molecular complexity index is 3470. The lowest BCUT2D eigenvalue weighted by molar-refractivity contribution is 1.08. The van der Waals surface area contributed by atoms with Crippen LogP contribution in [0.5, 0.6) is 0 Å². The molecule has 4 nitrogen and oxygen atoms in total. The van der Waals surface area contributed by atoms with Crippen molar-refractivity contribution in [1.82, 2.24) is 19.5 Å². The molecule has 0 N–H and O–H groups in total. The molecule has 12 aromatic rings. The maximum Gasteiger partial charge on any atom is 0.165 e. The summed E-state index contributed by atoms with van der Waals surface area (Å²) in [7, 11) is 0. The van der Waals surface area contributed by atoms with Crippen molar-refractivity contribution in [3.8, 4) is 51.0 Å². The van der Waals surface area contributed by atoms with Gasteiger partial charge in [-0.3, -0.25) is 0 Å². The largest absolute Gasteiger partial charge is 0.309 e. The molecule has 0 aliphatic heterocycles. The van der Waals surface area contributed by atoms with Gasteiger partial charge in [-0.15, -0.1) is 11.3 Å². The Morgan fingerprint density at radius 2 is 0.914 bits per heavy atom. The van der Waals surface area contributed by atoms with Crippen molar-refractivity contribution in [2.24, 2.45) is 0 Å². The Balaban J connectivity index is 1.06. The fourth-order valence-electron chi connectivity index (χ4n) is 8.74. The number of rotatable bonds is 5. The van der Waals surface area contributed by atoms with Gasteiger partial charge in [0.25, 0.3) is 0 Å². The van der Waals surface area contributed by atoms with Crippen molar-refractivity contribution in [2.75, 3.05) is 0 Å². The van der Waals surface area contributed by atoms with E-state index in [0.717, 1.165) is 38.2 Å². The Kier molecular flexibility index (Phi) is 7.37. The van der Waals surface area contributed by atoms with Gasteiger partial charge in [-0.1, -0.05) is 158 Å². The zero-order valence-corrected chi connectivity index (χ0v) is 32.0. The molecule has 0 spiro atoms. The monoisotopic (exact) mass is 756 g/mol. The molecule has 270 valence electrons. The van der Waals surface area contributed by atoms with E-state index >= 15 is 0 Å². The summed E-state index contributed by atoms with van der Waals surface area (Å²) in [6.45, 7) is 0. The lowest BCUT2D eigenvalue weighted by Gasteiger charge is -2.10. The molecule has 0 aliphatic rings. The van der Waals surface area contributed by atoms with Crippen LogP contribution in [0.2, 0.25) is 0 Å². The number of hydrogen-bond acceptors (Lipinski definition) is 4. The number of hydrogen-bond donors (Lipinski definition) is 0. The van der Waals surface area contributed by atoms with Crippen LogP contribution in [0.1, 0.15) is 0 Å². The fourth-order valence-corrected chi connectivity index (χ4v) is 9.98. The summed E-state index contributed by atoms with van der Waals surface area (Å²) in [4.78, 5) is 15.4. The van der Waals surface area contributed by atoms with E-state index in [2.05, 4.69) is 174 Å². The average molecular weight is 757 g/mol. The second kappa shape index (κ2) is 13.1. The summed E-state index contributed by atoms with van der Waals surface area (Å²) in [6.07, 6.45) is 0. The normalized spacial score (nSPS) is 11.8. The first-order chi connectivity index (χ1) is 28.7. The van der Waals surface area contributed by atoms with Crippen LogP contribution in [-0.2, 0) is 0 Å². The number of benzene rings is 9. The average Bonchev–Trinajstić information content (AvgIpc) is 3.85. The topological polar surface area (TPSA) is 43.6 Å². The summed E-state index contributed by atoms with van der Waals surface area (Å²) in [6, 6.07) is 69.1. The van der Waals surface area contributed by atoms with Crippen LogP contribution in [0.25, 0.3) is 115 Å². The van der Waals surface area contributed by atoms with Crippen molar-refractivity contribution in [3.05, 3.63) is 194 Å². The molecule has 0 atom stereocenters. The van der Waals surface area contributed by atoms with E-state index in [1.165, 1.54) is 58.8 Å². The van der Waals surface area contributed by atoms with Crippen LogP contribution in [0.4, 0.5) is 0 Å². The fraction of sp³-hybridized carbons (Fsp3) is 0. The number of fused-ring (bicyclic) bond motifs is 10.